The number of nitrogens with zero attached hydrogens (tertiary/aromatic N) is 2. The first-order chi connectivity index (χ1) is 9.60. The maximum atomic E-state index is 10.9. The number of carboxylic acids is 1. The smallest absolute Gasteiger partial charge is 0.335 e. The van der Waals surface area contributed by atoms with Gasteiger partial charge in [-0.1, -0.05) is 6.07 Å². The predicted molar refractivity (Wildman–Crippen MR) is 71.5 cm³/mol. The molecule has 1 aromatic heterocycles. The summed E-state index contributed by atoms with van der Waals surface area (Å²) in [5.41, 5.74) is 0.790. The molecule has 0 saturated carbocycles. The summed E-state index contributed by atoms with van der Waals surface area (Å²) in [6.07, 6.45) is 1.54. The fourth-order valence-corrected chi connectivity index (χ4v) is 1.70. The van der Waals surface area contributed by atoms with Crippen LogP contribution in [0.1, 0.15) is 29.6 Å². The van der Waals surface area contributed by atoms with Crippen molar-refractivity contribution in [3.63, 3.8) is 0 Å². The van der Waals surface area contributed by atoms with Crippen molar-refractivity contribution in [2.24, 2.45) is 0 Å². The predicted octanol–water partition coefficient (Wildman–Crippen LogP) is 2.40. The van der Waals surface area contributed by atoms with Crippen LogP contribution in [0.3, 0.4) is 0 Å². The summed E-state index contributed by atoms with van der Waals surface area (Å²) < 4.78 is 10.7. The zero-order valence-electron chi connectivity index (χ0n) is 11.4. The highest BCUT2D eigenvalue weighted by Gasteiger charge is 2.12. The lowest BCUT2D eigenvalue weighted by Crippen LogP contribution is -2.05. The van der Waals surface area contributed by atoms with Crippen LogP contribution in [0.2, 0.25) is 0 Å². The Balaban J connectivity index is 2.12. The van der Waals surface area contributed by atoms with Gasteiger partial charge in [0.15, 0.2) is 0 Å². The molecule has 0 bridgehead atoms. The monoisotopic (exact) mass is 276 g/mol. The van der Waals surface area contributed by atoms with Crippen LogP contribution < -0.4 is 0 Å². The average molecular weight is 276 g/mol. The molecule has 6 heteroatoms. The van der Waals surface area contributed by atoms with Crippen molar-refractivity contribution in [3.05, 3.63) is 35.7 Å². The molecule has 2 aromatic rings. The summed E-state index contributed by atoms with van der Waals surface area (Å²) in [7, 11) is 1.65. The number of ether oxygens (including phenoxy) is 1. The molecular weight excluding hydrogens is 260 g/mol. The van der Waals surface area contributed by atoms with Crippen molar-refractivity contribution in [1.29, 1.82) is 0 Å². The highest BCUT2D eigenvalue weighted by Crippen LogP contribution is 2.20. The van der Waals surface area contributed by atoms with Crippen LogP contribution in [-0.2, 0) is 11.2 Å². The van der Waals surface area contributed by atoms with E-state index in [0.717, 1.165) is 6.42 Å². The molecule has 6 nitrogen and oxygen atoms in total. The van der Waals surface area contributed by atoms with Gasteiger partial charge >= 0.3 is 5.97 Å². The number of hydrogen-bond acceptors (Lipinski definition) is 5. The number of rotatable bonds is 6. The minimum atomic E-state index is -0.986. The summed E-state index contributed by atoms with van der Waals surface area (Å²) >= 11 is 0. The van der Waals surface area contributed by atoms with Gasteiger partial charge in [-0.2, -0.15) is 0 Å². The third kappa shape index (κ3) is 3.42. The van der Waals surface area contributed by atoms with Crippen molar-refractivity contribution in [2.75, 3.05) is 7.11 Å². The van der Waals surface area contributed by atoms with Gasteiger partial charge in [-0.3, -0.25) is 0 Å². The molecule has 0 aliphatic carbocycles. The second-order valence-corrected chi connectivity index (χ2v) is 4.47. The van der Waals surface area contributed by atoms with Crippen LogP contribution in [0.5, 0.6) is 0 Å². The summed E-state index contributed by atoms with van der Waals surface area (Å²) in [6.45, 7) is 1.97. The molecule has 1 N–H and O–H groups in total. The lowest BCUT2D eigenvalue weighted by molar-refractivity contribution is 0.0697. The lowest BCUT2D eigenvalue weighted by atomic mass is 10.1. The van der Waals surface area contributed by atoms with Gasteiger partial charge in [0.05, 0.1) is 11.7 Å². The summed E-state index contributed by atoms with van der Waals surface area (Å²) in [5.74, 6) is -0.140. The van der Waals surface area contributed by atoms with Crippen molar-refractivity contribution < 1.29 is 19.1 Å². The first kappa shape index (κ1) is 14.2. The van der Waals surface area contributed by atoms with E-state index in [9.17, 15) is 4.79 Å². The van der Waals surface area contributed by atoms with Gasteiger partial charge < -0.3 is 14.3 Å². The Morgan fingerprint density at radius 3 is 2.95 bits per heavy atom. The number of carbonyl (C=O) groups is 1. The highest BCUT2D eigenvalue weighted by molar-refractivity contribution is 5.88. The molecule has 0 amide bonds. The maximum Gasteiger partial charge on any atom is 0.335 e. The van der Waals surface area contributed by atoms with Gasteiger partial charge in [-0.05, 0) is 31.5 Å². The standard InChI is InChI=1S/C14H16N2O4/c1-9(19-2)6-7-12-15-16-13(20-12)10-4-3-5-11(8-10)14(17)18/h3-5,8-9H,6-7H2,1-2H3,(H,17,18). The third-order valence-electron chi connectivity index (χ3n) is 2.99. The number of aryl methyl sites for hydroxylation is 1. The van der Waals surface area contributed by atoms with E-state index in [2.05, 4.69) is 10.2 Å². The van der Waals surface area contributed by atoms with Crippen LogP contribution in [0.4, 0.5) is 0 Å². The van der Waals surface area contributed by atoms with Crippen LogP contribution in [0, 0.1) is 0 Å². The van der Waals surface area contributed by atoms with Crippen LogP contribution >= 0.6 is 0 Å². The molecule has 1 aromatic carbocycles. The van der Waals surface area contributed by atoms with Crippen LogP contribution in [0.15, 0.2) is 28.7 Å². The SMILES string of the molecule is COC(C)CCc1nnc(-c2cccc(C(=O)O)c2)o1. The van der Waals surface area contributed by atoms with E-state index in [4.69, 9.17) is 14.3 Å². The van der Waals surface area contributed by atoms with E-state index >= 15 is 0 Å². The largest absolute Gasteiger partial charge is 0.478 e. The third-order valence-corrected chi connectivity index (χ3v) is 2.99. The van der Waals surface area contributed by atoms with Crippen molar-refractivity contribution in [1.82, 2.24) is 10.2 Å². The Morgan fingerprint density at radius 2 is 2.25 bits per heavy atom. The second-order valence-electron chi connectivity index (χ2n) is 4.47. The summed E-state index contributed by atoms with van der Waals surface area (Å²) in [4.78, 5) is 10.9. The van der Waals surface area contributed by atoms with E-state index in [-0.39, 0.29) is 11.7 Å². The first-order valence-electron chi connectivity index (χ1n) is 6.29. The molecule has 106 valence electrons. The van der Waals surface area contributed by atoms with Crippen molar-refractivity contribution >= 4 is 5.97 Å². The molecule has 0 aliphatic rings. The van der Waals surface area contributed by atoms with E-state index < -0.39 is 5.97 Å². The fraction of sp³-hybridized carbons (Fsp3) is 0.357. The number of carboxylic acid groups (broad SMARTS) is 1. The molecule has 20 heavy (non-hydrogen) atoms. The number of benzene rings is 1. The quantitative estimate of drug-likeness (QED) is 0.872. The van der Waals surface area contributed by atoms with Gasteiger partial charge in [0, 0.05) is 19.1 Å². The second kappa shape index (κ2) is 6.29. The van der Waals surface area contributed by atoms with Gasteiger partial charge in [0.25, 0.3) is 0 Å². The molecule has 1 heterocycles. The van der Waals surface area contributed by atoms with E-state index in [0.29, 0.717) is 23.8 Å². The fourth-order valence-electron chi connectivity index (χ4n) is 1.70. The minimum absolute atomic E-state index is 0.126. The zero-order chi connectivity index (χ0) is 14.5. The Labute approximate surface area is 116 Å². The Hall–Kier alpha value is -2.21. The molecule has 2 rings (SSSR count). The number of hydrogen-bond donors (Lipinski definition) is 1. The maximum absolute atomic E-state index is 10.9. The summed E-state index contributed by atoms with van der Waals surface area (Å²) in [5, 5.41) is 16.8. The topological polar surface area (TPSA) is 85.5 Å². The Morgan fingerprint density at radius 1 is 1.45 bits per heavy atom. The molecule has 1 unspecified atom stereocenters. The van der Waals surface area contributed by atoms with E-state index in [1.807, 2.05) is 6.92 Å². The number of aromatic carboxylic acids is 1. The molecule has 0 aliphatic heterocycles. The zero-order valence-corrected chi connectivity index (χ0v) is 11.4. The van der Waals surface area contributed by atoms with Gasteiger partial charge in [-0.15, -0.1) is 10.2 Å². The lowest BCUT2D eigenvalue weighted by Gasteiger charge is -2.05. The van der Waals surface area contributed by atoms with E-state index in [1.54, 1.807) is 19.2 Å². The van der Waals surface area contributed by atoms with Crippen LogP contribution in [0.25, 0.3) is 11.5 Å². The van der Waals surface area contributed by atoms with Gasteiger partial charge in [0.1, 0.15) is 0 Å². The highest BCUT2D eigenvalue weighted by atomic mass is 16.5. The number of methoxy groups -OCH3 is 1. The molecule has 0 saturated heterocycles. The molecule has 1 atom stereocenters. The normalized spacial score (nSPS) is 12.3. The Bertz CT molecular complexity index is 594. The van der Waals surface area contributed by atoms with Gasteiger partial charge in [0.2, 0.25) is 11.8 Å². The van der Waals surface area contributed by atoms with Crippen LogP contribution in [-0.4, -0.2) is 34.5 Å². The summed E-state index contributed by atoms with van der Waals surface area (Å²) in [6, 6.07) is 6.41. The Kier molecular flexibility index (Phi) is 4.47. The molecule has 0 fully saturated rings. The molecule has 0 radical (unpaired) electrons. The van der Waals surface area contributed by atoms with Gasteiger partial charge in [-0.25, -0.2) is 4.79 Å². The van der Waals surface area contributed by atoms with Crippen molar-refractivity contribution in [2.45, 2.75) is 25.9 Å². The minimum Gasteiger partial charge on any atom is -0.478 e. The molecule has 0 spiro atoms. The molecular formula is C14H16N2O4. The number of aromatic nitrogens is 2. The first-order valence-corrected chi connectivity index (χ1v) is 6.29. The van der Waals surface area contributed by atoms with E-state index in [1.165, 1.54) is 12.1 Å². The average Bonchev–Trinajstić information content (AvgIpc) is 2.93. The van der Waals surface area contributed by atoms with Crippen molar-refractivity contribution in [3.8, 4) is 11.5 Å².